The summed E-state index contributed by atoms with van der Waals surface area (Å²) >= 11 is 0. The zero-order chi connectivity index (χ0) is 7.31. The predicted octanol–water partition coefficient (Wildman–Crippen LogP) is 0.775. The average molecular weight is 153 g/mol. The van der Waals surface area contributed by atoms with Gasteiger partial charge in [-0.25, -0.2) is 0 Å². The van der Waals surface area contributed by atoms with Crippen molar-refractivity contribution in [2.75, 3.05) is 19.7 Å². The molecule has 11 heavy (non-hydrogen) atoms. The lowest BCUT2D eigenvalue weighted by Crippen LogP contribution is -2.50. The summed E-state index contributed by atoms with van der Waals surface area (Å²) in [5, 5.41) is 3.45. The first-order valence-electron chi connectivity index (χ1n) is 4.75. The van der Waals surface area contributed by atoms with Crippen LogP contribution in [0, 0.1) is 11.8 Å². The van der Waals surface area contributed by atoms with Crippen LogP contribution in [0.25, 0.3) is 0 Å². The van der Waals surface area contributed by atoms with Gasteiger partial charge in [0, 0.05) is 13.1 Å². The Bertz CT molecular complexity index is 174. The monoisotopic (exact) mass is 153 g/mol. The first-order valence-corrected chi connectivity index (χ1v) is 4.75. The van der Waals surface area contributed by atoms with Crippen molar-refractivity contribution in [2.24, 2.45) is 11.8 Å². The predicted molar refractivity (Wildman–Crippen MR) is 42.4 cm³/mol. The van der Waals surface area contributed by atoms with E-state index in [1.54, 1.807) is 0 Å². The van der Waals surface area contributed by atoms with Crippen LogP contribution in [-0.2, 0) is 4.74 Å². The van der Waals surface area contributed by atoms with Crippen molar-refractivity contribution in [1.29, 1.82) is 0 Å². The lowest BCUT2D eigenvalue weighted by molar-refractivity contribution is -0.0758. The zero-order valence-corrected chi connectivity index (χ0v) is 6.81. The number of ether oxygens (including phenoxy) is 1. The number of hydrogen-bond donors (Lipinski definition) is 1. The highest BCUT2D eigenvalue weighted by Gasteiger charge is 2.58. The van der Waals surface area contributed by atoms with Gasteiger partial charge in [-0.05, 0) is 31.1 Å². The Morgan fingerprint density at radius 2 is 2.45 bits per heavy atom. The lowest BCUT2D eigenvalue weighted by Gasteiger charge is -2.35. The van der Waals surface area contributed by atoms with Crippen LogP contribution >= 0.6 is 0 Å². The third-order valence-electron chi connectivity index (χ3n) is 3.63. The molecule has 0 radical (unpaired) electrons. The first-order chi connectivity index (χ1) is 5.41. The van der Waals surface area contributed by atoms with Crippen molar-refractivity contribution >= 4 is 0 Å². The molecule has 0 bridgehead atoms. The van der Waals surface area contributed by atoms with Gasteiger partial charge in [0.25, 0.3) is 0 Å². The Labute approximate surface area is 67.3 Å². The fraction of sp³-hybridized carbons (Fsp3) is 1.00. The molecule has 3 aliphatic rings. The van der Waals surface area contributed by atoms with E-state index in [2.05, 4.69) is 5.32 Å². The molecule has 2 aliphatic carbocycles. The van der Waals surface area contributed by atoms with Gasteiger partial charge in [0.1, 0.15) is 0 Å². The third-order valence-corrected chi connectivity index (χ3v) is 3.63. The van der Waals surface area contributed by atoms with Crippen LogP contribution in [-0.4, -0.2) is 25.3 Å². The summed E-state index contributed by atoms with van der Waals surface area (Å²) in [6, 6.07) is 0. The van der Waals surface area contributed by atoms with Crippen molar-refractivity contribution < 1.29 is 4.74 Å². The van der Waals surface area contributed by atoms with E-state index in [0.29, 0.717) is 5.60 Å². The normalized spacial score (nSPS) is 54.5. The molecule has 0 amide bonds. The van der Waals surface area contributed by atoms with E-state index in [4.69, 9.17) is 4.74 Å². The fourth-order valence-corrected chi connectivity index (χ4v) is 2.90. The van der Waals surface area contributed by atoms with Crippen molar-refractivity contribution in [3.8, 4) is 0 Å². The molecule has 1 aliphatic heterocycles. The van der Waals surface area contributed by atoms with Gasteiger partial charge < -0.3 is 10.1 Å². The second-order valence-electron chi connectivity index (χ2n) is 4.23. The number of rotatable bonds is 0. The smallest absolute Gasteiger partial charge is 0.0837 e. The highest BCUT2D eigenvalue weighted by molar-refractivity contribution is 5.10. The molecular formula is C9H15NO. The SMILES string of the molecule is C1COC2(CCC3CC32)CN1. The first kappa shape index (κ1) is 6.44. The maximum Gasteiger partial charge on any atom is 0.0837 e. The van der Waals surface area contributed by atoms with Crippen molar-refractivity contribution in [3.63, 3.8) is 0 Å². The topological polar surface area (TPSA) is 21.3 Å². The molecule has 1 saturated heterocycles. The maximum absolute atomic E-state index is 5.92. The molecule has 3 unspecified atom stereocenters. The Kier molecular flexibility index (Phi) is 1.16. The molecule has 2 heteroatoms. The van der Waals surface area contributed by atoms with Crippen LogP contribution in [0.3, 0.4) is 0 Å². The summed E-state index contributed by atoms with van der Waals surface area (Å²) in [5.74, 6) is 1.96. The standard InChI is InChI=1S/C9H15NO/c1-2-9(8-5-7(1)8)6-10-3-4-11-9/h7-8,10H,1-6H2. The molecule has 62 valence electrons. The minimum Gasteiger partial charge on any atom is -0.372 e. The Morgan fingerprint density at radius 1 is 1.45 bits per heavy atom. The molecule has 0 aromatic heterocycles. The van der Waals surface area contributed by atoms with E-state index in [0.717, 1.165) is 31.5 Å². The van der Waals surface area contributed by atoms with Crippen molar-refractivity contribution in [3.05, 3.63) is 0 Å². The van der Waals surface area contributed by atoms with Gasteiger partial charge in [-0.15, -0.1) is 0 Å². The summed E-state index contributed by atoms with van der Waals surface area (Å²) in [5.41, 5.74) is 0.295. The molecule has 2 saturated carbocycles. The molecule has 3 atom stereocenters. The van der Waals surface area contributed by atoms with Crippen LogP contribution < -0.4 is 5.32 Å². The van der Waals surface area contributed by atoms with E-state index in [9.17, 15) is 0 Å². The molecule has 0 aromatic rings. The van der Waals surface area contributed by atoms with Gasteiger partial charge in [0.15, 0.2) is 0 Å². The number of nitrogens with one attached hydrogen (secondary N) is 1. The highest BCUT2D eigenvalue weighted by Crippen LogP contribution is 2.59. The lowest BCUT2D eigenvalue weighted by atomic mass is 9.96. The van der Waals surface area contributed by atoms with Crippen LogP contribution in [0.2, 0.25) is 0 Å². The van der Waals surface area contributed by atoms with Gasteiger partial charge in [-0.1, -0.05) is 0 Å². The average Bonchev–Trinajstić information content (AvgIpc) is 2.77. The summed E-state index contributed by atoms with van der Waals surface area (Å²) in [6.07, 6.45) is 4.18. The molecule has 1 heterocycles. The molecular weight excluding hydrogens is 138 g/mol. The Morgan fingerprint density at radius 3 is 3.00 bits per heavy atom. The summed E-state index contributed by atoms with van der Waals surface area (Å²) in [7, 11) is 0. The van der Waals surface area contributed by atoms with Crippen LogP contribution in [0.1, 0.15) is 19.3 Å². The molecule has 3 rings (SSSR count). The zero-order valence-electron chi connectivity index (χ0n) is 6.81. The van der Waals surface area contributed by atoms with Gasteiger partial charge >= 0.3 is 0 Å². The van der Waals surface area contributed by atoms with Crippen LogP contribution in [0.5, 0.6) is 0 Å². The second-order valence-corrected chi connectivity index (χ2v) is 4.23. The summed E-state index contributed by atoms with van der Waals surface area (Å²) in [4.78, 5) is 0. The van der Waals surface area contributed by atoms with Gasteiger partial charge in [0.2, 0.25) is 0 Å². The van der Waals surface area contributed by atoms with E-state index in [-0.39, 0.29) is 0 Å². The van der Waals surface area contributed by atoms with E-state index < -0.39 is 0 Å². The molecule has 2 nitrogen and oxygen atoms in total. The van der Waals surface area contributed by atoms with E-state index in [1.807, 2.05) is 0 Å². The Hall–Kier alpha value is -0.0800. The van der Waals surface area contributed by atoms with Crippen LogP contribution in [0.15, 0.2) is 0 Å². The minimum absolute atomic E-state index is 0.295. The number of fused-ring (bicyclic) bond motifs is 2. The van der Waals surface area contributed by atoms with Crippen LogP contribution in [0.4, 0.5) is 0 Å². The third kappa shape index (κ3) is 0.798. The largest absolute Gasteiger partial charge is 0.372 e. The Balaban J connectivity index is 1.81. The van der Waals surface area contributed by atoms with Gasteiger partial charge in [-0.2, -0.15) is 0 Å². The van der Waals surface area contributed by atoms with E-state index >= 15 is 0 Å². The van der Waals surface area contributed by atoms with Crippen molar-refractivity contribution in [1.82, 2.24) is 5.32 Å². The maximum atomic E-state index is 5.92. The van der Waals surface area contributed by atoms with Gasteiger partial charge in [-0.3, -0.25) is 0 Å². The number of morpholine rings is 1. The second kappa shape index (κ2) is 1.99. The van der Waals surface area contributed by atoms with Crippen molar-refractivity contribution in [2.45, 2.75) is 24.9 Å². The highest BCUT2D eigenvalue weighted by atomic mass is 16.5. The number of hydrogen-bond acceptors (Lipinski definition) is 2. The fourth-order valence-electron chi connectivity index (χ4n) is 2.90. The quantitative estimate of drug-likeness (QED) is 0.555. The summed E-state index contributed by atoms with van der Waals surface area (Å²) < 4.78 is 5.92. The molecule has 1 N–H and O–H groups in total. The minimum atomic E-state index is 0.295. The molecule has 3 fully saturated rings. The summed E-state index contributed by atoms with van der Waals surface area (Å²) in [6.45, 7) is 3.11. The van der Waals surface area contributed by atoms with E-state index in [1.165, 1.54) is 19.3 Å². The molecule has 1 spiro atoms. The molecule has 0 aromatic carbocycles. The van der Waals surface area contributed by atoms with Gasteiger partial charge in [0.05, 0.1) is 12.2 Å².